The number of hydrogen-bond donors (Lipinski definition) is 3. The van der Waals surface area contributed by atoms with Crippen LogP contribution in [0.5, 0.6) is 5.75 Å². The lowest BCUT2D eigenvalue weighted by molar-refractivity contribution is -0.386. The smallest absolute Gasteiger partial charge is 0.313 e. The number of aliphatic hydroxyl groups excluding tert-OH is 1. The van der Waals surface area contributed by atoms with Crippen molar-refractivity contribution in [3.8, 4) is 5.75 Å². The molecule has 0 heterocycles. The van der Waals surface area contributed by atoms with Crippen molar-refractivity contribution in [3.63, 3.8) is 0 Å². The van der Waals surface area contributed by atoms with E-state index >= 15 is 0 Å². The highest BCUT2D eigenvalue weighted by Crippen LogP contribution is 2.36. The number of phenolic OH excluding ortho intramolecular Hbond substituents is 1. The third-order valence-corrected chi connectivity index (χ3v) is 2.41. The summed E-state index contributed by atoms with van der Waals surface area (Å²) >= 11 is 0. The van der Waals surface area contributed by atoms with Crippen molar-refractivity contribution >= 4 is 5.69 Å². The van der Waals surface area contributed by atoms with Crippen LogP contribution in [0.15, 0.2) is 12.1 Å². The van der Waals surface area contributed by atoms with Crippen molar-refractivity contribution < 1.29 is 15.1 Å². The van der Waals surface area contributed by atoms with Crippen molar-refractivity contribution in [2.75, 3.05) is 6.61 Å². The first-order chi connectivity index (χ1) is 7.49. The molecule has 0 amide bonds. The lowest BCUT2D eigenvalue weighted by atomic mass is 10.0. The van der Waals surface area contributed by atoms with Gasteiger partial charge in [-0.15, -0.1) is 0 Å². The number of aromatic hydroxyl groups is 1. The number of benzene rings is 1. The normalized spacial score (nSPS) is 12.4. The Bertz CT molecular complexity index is 406. The molecule has 16 heavy (non-hydrogen) atoms. The molecule has 0 aliphatic rings. The summed E-state index contributed by atoms with van der Waals surface area (Å²) in [6, 6.07) is 2.46. The Hall–Kier alpha value is -1.66. The summed E-state index contributed by atoms with van der Waals surface area (Å²) in [4.78, 5) is 10.1. The number of hydrogen-bond acceptors (Lipinski definition) is 5. The summed E-state index contributed by atoms with van der Waals surface area (Å²) in [5, 5.41) is 29.2. The van der Waals surface area contributed by atoms with Crippen LogP contribution in [0.4, 0.5) is 5.69 Å². The Balaban J connectivity index is 3.23. The Morgan fingerprint density at radius 1 is 1.56 bits per heavy atom. The van der Waals surface area contributed by atoms with Gasteiger partial charge in [-0.3, -0.25) is 10.1 Å². The van der Waals surface area contributed by atoms with Crippen LogP contribution in [0.1, 0.15) is 23.6 Å². The van der Waals surface area contributed by atoms with Crippen LogP contribution in [0, 0.1) is 17.0 Å². The van der Waals surface area contributed by atoms with E-state index in [2.05, 4.69) is 0 Å². The molecule has 0 radical (unpaired) electrons. The van der Waals surface area contributed by atoms with Gasteiger partial charge in [0.25, 0.3) is 0 Å². The predicted molar refractivity (Wildman–Crippen MR) is 58.1 cm³/mol. The number of phenols is 1. The summed E-state index contributed by atoms with van der Waals surface area (Å²) < 4.78 is 0. The third kappa shape index (κ3) is 2.29. The summed E-state index contributed by atoms with van der Waals surface area (Å²) in [5.41, 5.74) is 6.02. The number of nitrogens with zero attached hydrogens (tertiary/aromatic N) is 1. The van der Waals surface area contributed by atoms with Crippen molar-refractivity contribution in [1.82, 2.24) is 0 Å². The second-order valence-electron chi connectivity index (χ2n) is 3.54. The van der Waals surface area contributed by atoms with Crippen LogP contribution in [0.3, 0.4) is 0 Å². The van der Waals surface area contributed by atoms with Crippen LogP contribution in [0.25, 0.3) is 0 Å². The van der Waals surface area contributed by atoms with Crippen LogP contribution in [-0.2, 0) is 0 Å². The quantitative estimate of drug-likeness (QED) is 0.524. The SMILES string of the molecule is Cc1ccc([C@H](N)CCO)c(O)c1[N+](=O)[O-]. The van der Waals surface area contributed by atoms with Crippen molar-refractivity contribution in [2.45, 2.75) is 19.4 Å². The van der Waals surface area contributed by atoms with E-state index in [0.717, 1.165) is 0 Å². The lowest BCUT2D eigenvalue weighted by Crippen LogP contribution is -2.12. The standard InChI is InChI=1S/C10H14N2O4/c1-6-2-3-7(8(11)4-5-13)10(14)9(6)12(15)16/h2-3,8,13-14H,4-5,11H2,1H3/t8-/m1/s1. The molecule has 1 atom stereocenters. The van der Waals surface area contributed by atoms with E-state index in [-0.39, 0.29) is 24.3 Å². The Morgan fingerprint density at radius 3 is 2.69 bits per heavy atom. The first-order valence-electron chi connectivity index (χ1n) is 4.82. The van der Waals surface area contributed by atoms with Gasteiger partial charge in [-0.2, -0.15) is 0 Å². The Morgan fingerprint density at radius 2 is 2.19 bits per heavy atom. The number of nitro groups is 1. The molecule has 6 nitrogen and oxygen atoms in total. The van der Waals surface area contributed by atoms with Gasteiger partial charge in [0.2, 0.25) is 0 Å². The fourth-order valence-electron chi connectivity index (χ4n) is 1.52. The molecule has 0 aromatic heterocycles. The fraction of sp³-hybridized carbons (Fsp3) is 0.400. The second-order valence-corrected chi connectivity index (χ2v) is 3.54. The minimum atomic E-state index is -0.639. The van der Waals surface area contributed by atoms with E-state index < -0.39 is 16.7 Å². The monoisotopic (exact) mass is 226 g/mol. The van der Waals surface area contributed by atoms with Gasteiger partial charge in [-0.25, -0.2) is 0 Å². The molecular formula is C10H14N2O4. The predicted octanol–water partition coefficient (Wildman–Crippen LogP) is 0.991. The molecule has 0 bridgehead atoms. The Kier molecular flexibility index (Phi) is 3.81. The molecular weight excluding hydrogens is 212 g/mol. The summed E-state index contributed by atoms with van der Waals surface area (Å²) in [5.74, 6) is -0.411. The van der Waals surface area contributed by atoms with Gasteiger partial charge >= 0.3 is 5.69 Å². The van der Waals surface area contributed by atoms with Gasteiger partial charge in [-0.1, -0.05) is 12.1 Å². The number of nitro benzene ring substituents is 1. The Labute approximate surface area is 92.5 Å². The van der Waals surface area contributed by atoms with E-state index in [4.69, 9.17) is 10.8 Å². The fourth-order valence-corrected chi connectivity index (χ4v) is 1.52. The second kappa shape index (κ2) is 4.91. The van der Waals surface area contributed by atoms with E-state index in [1.54, 1.807) is 6.92 Å². The maximum atomic E-state index is 10.7. The molecule has 1 aromatic rings. The highest BCUT2D eigenvalue weighted by Gasteiger charge is 2.22. The van der Waals surface area contributed by atoms with E-state index in [1.807, 2.05) is 0 Å². The van der Waals surface area contributed by atoms with E-state index in [9.17, 15) is 15.2 Å². The maximum Gasteiger partial charge on any atom is 0.313 e. The highest BCUT2D eigenvalue weighted by molar-refractivity contribution is 5.56. The number of rotatable bonds is 4. The first-order valence-corrected chi connectivity index (χ1v) is 4.82. The minimum Gasteiger partial charge on any atom is -0.502 e. The number of aliphatic hydroxyl groups is 1. The minimum absolute atomic E-state index is 0.137. The van der Waals surface area contributed by atoms with E-state index in [1.165, 1.54) is 12.1 Å². The third-order valence-electron chi connectivity index (χ3n) is 2.41. The molecule has 0 saturated carbocycles. The topological polar surface area (TPSA) is 110 Å². The number of aryl methyl sites for hydroxylation is 1. The summed E-state index contributed by atoms with van der Waals surface area (Å²) in [7, 11) is 0. The molecule has 0 aliphatic carbocycles. The molecule has 6 heteroatoms. The first kappa shape index (κ1) is 12.4. The van der Waals surface area contributed by atoms with Crippen LogP contribution in [-0.4, -0.2) is 21.7 Å². The van der Waals surface area contributed by atoms with Gasteiger partial charge in [0, 0.05) is 23.8 Å². The van der Waals surface area contributed by atoms with Gasteiger partial charge in [0.05, 0.1) is 4.92 Å². The average Bonchev–Trinajstić information content (AvgIpc) is 2.17. The van der Waals surface area contributed by atoms with Crippen LogP contribution < -0.4 is 5.73 Å². The van der Waals surface area contributed by atoms with Crippen LogP contribution >= 0.6 is 0 Å². The zero-order valence-corrected chi connectivity index (χ0v) is 8.88. The maximum absolute atomic E-state index is 10.7. The van der Waals surface area contributed by atoms with Crippen molar-refractivity contribution in [3.05, 3.63) is 33.4 Å². The lowest BCUT2D eigenvalue weighted by Gasteiger charge is -2.12. The van der Waals surface area contributed by atoms with Crippen LogP contribution in [0.2, 0.25) is 0 Å². The molecule has 0 saturated heterocycles. The summed E-state index contributed by atoms with van der Waals surface area (Å²) in [6.07, 6.45) is 0.244. The van der Waals surface area contributed by atoms with Gasteiger partial charge < -0.3 is 15.9 Å². The van der Waals surface area contributed by atoms with E-state index in [0.29, 0.717) is 5.56 Å². The van der Waals surface area contributed by atoms with Gasteiger partial charge in [0.15, 0.2) is 5.75 Å². The van der Waals surface area contributed by atoms with Gasteiger partial charge in [0.1, 0.15) is 0 Å². The van der Waals surface area contributed by atoms with Crippen molar-refractivity contribution in [2.24, 2.45) is 5.73 Å². The number of nitrogens with two attached hydrogens (primary N) is 1. The molecule has 4 N–H and O–H groups in total. The molecule has 88 valence electrons. The molecule has 0 aliphatic heterocycles. The molecule has 1 aromatic carbocycles. The molecule has 1 rings (SSSR count). The molecule has 0 fully saturated rings. The summed E-state index contributed by atoms with van der Waals surface area (Å²) in [6.45, 7) is 1.40. The van der Waals surface area contributed by atoms with Gasteiger partial charge in [-0.05, 0) is 13.3 Å². The average molecular weight is 226 g/mol. The zero-order chi connectivity index (χ0) is 12.3. The van der Waals surface area contributed by atoms with Crippen molar-refractivity contribution in [1.29, 1.82) is 0 Å². The zero-order valence-electron chi connectivity index (χ0n) is 8.88. The largest absolute Gasteiger partial charge is 0.502 e. The molecule has 0 unspecified atom stereocenters. The highest BCUT2D eigenvalue weighted by atomic mass is 16.6. The molecule has 0 spiro atoms.